The van der Waals surface area contributed by atoms with Crippen LogP contribution in [0.2, 0.25) is 0 Å². The van der Waals surface area contributed by atoms with Gasteiger partial charge in [-0.25, -0.2) is 0 Å². The van der Waals surface area contributed by atoms with Gasteiger partial charge in [0.15, 0.2) is 0 Å². The van der Waals surface area contributed by atoms with Crippen molar-refractivity contribution in [2.45, 2.75) is 13.1 Å². The van der Waals surface area contributed by atoms with Crippen molar-refractivity contribution in [3.05, 3.63) is 35.7 Å². The Labute approximate surface area is 132 Å². The maximum absolute atomic E-state index is 12.4. The van der Waals surface area contributed by atoms with E-state index in [1.54, 1.807) is 0 Å². The molecule has 2 rings (SSSR count). The number of hydrogen-bond acceptors (Lipinski definition) is 6. The number of halogens is 3. The van der Waals surface area contributed by atoms with Crippen molar-refractivity contribution in [1.82, 2.24) is 15.5 Å². The summed E-state index contributed by atoms with van der Waals surface area (Å²) in [4.78, 5) is 37.3. The van der Waals surface area contributed by atoms with Crippen LogP contribution in [-0.2, 0) is 15.8 Å². The van der Waals surface area contributed by atoms with Crippen molar-refractivity contribution in [1.29, 1.82) is 0 Å². The summed E-state index contributed by atoms with van der Waals surface area (Å²) < 4.78 is 41.3. The molecule has 0 aliphatic rings. The molecule has 10 heteroatoms. The van der Waals surface area contributed by atoms with Gasteiger partial charge in [0.1, 0.15) is 5.78 Å². The molecule has 1 heterocycles. The lowest BCUT2D eigenvalue weighted by Crippen LogP contribution is -2.34. The van der Waals surface area contributed by atoms with Gasteiger partial charge in [-0.2, -0.15) is 18.2 Å². The number of aromatic nitrogens is 2. The first kappa shape index (κ1) is 17.3. The summed E-state index contributed by atoms with van der Waals surface area (Å²) in [5.74, 6) is -3.95. The molecule has 0 aliphatic heterocycles. The van der Waals surface area contributed by atoms with Gasteiger partial charge in [0.05, 0.1) is 6.54 Å². The van der Waals surface area contributed by atoms with Crippen LogP contribution in [0.3, 0.4) is 0 Å². The summed E-state index contributed by atoms with van der Waals surface area (Å²) in [5, 5.41) is 5.35. The van der Waals surface area contributed by atoms with E-state index in [4.69, 9.17) is 0 Å². The Hall–Kier alpha value is -3.04. The summed E-state index contributed by atoms with van der Waals surface area (Å²) in [7, 11) is 0. The molecule has 1 N–H and O–H groups in total. The molecule has 7 nitrogen and oxygen atoms in total. The molecule has 24 heavy (non-hydrogen) atoms. The zero-order chi connectivity index (χ0) is 17.9. The van der Waals surface area contributed by atoms with Crippen molar-refractivity contribution in [3.63, 3.8) is 0 Å². The molecule has 0 radical (unpaired) electrons. The van der Waals surface area contributed by atoms with Crippen LogP contribution in [0.4, 0.5) is 13.2 Å². The molecule has 1 aromatic carbocycles. The zero-order valence-electron chi connectivity index (χ0n) is 12.2. The molecule has 0 spiro atoms. The molecule has 0 bridgehead atoms. The molecular weight excluding hydrogens is 331 g/mol. The number of nitrogens with one attached hydrogen (secondary N) is 1. The fourth-order valence-corrected chi connectivity index (χ4v) is 1.64. The van der Waals surface area contributed by atoms with Crippen LogP contribution >= 0.6 is 0 Å². The Morgan fingerprint density at radius 2 is 1.79 bits per heavy atom. The fourth-order valence-electron chi connectivity index (χ4n) is 1.64. The topological polar surface area (TPSA) is 102 Å². The van der Waals surface area contributed by atoms with E-state index in [2.05, 4.69) is 20.0 Å². The Morgan fingerprint density at radius 3 is 2.29 bits per heavy atom. The lowest BCUT2D eigenvalue weighted by Gasteiger charge is -2.02. The Bertz CT molecular complexity index is 781. The standard InChI is InChI=1S/C14H10F3N3O4/c1-7(21)6-18-12(23)10(22)8-2-4-9(5-3-8)11-19-13(24-20-11)14(15,16)17/h2-5H,6H2,1H3,(H,18,23). The molecule has 126 valence electrons. The SMILES string of the molecule is CC(=O)CNC(=O)C(=O)c1ccc(-c2noc(C(F)(F)F)n2)cc1. The number of carbonyl (C=O) groups excluding carboxylic acids is 3. The van der Waals surface area contributed by atoms with E-state index in [-0.39, 0.29) is 29.3 Å². The molecule has 0 saturated heterocycles. The third-order valence-corrected chi connectivity index (χ3v) is 2.78. The Balaban J connectivity index is 2.13. The van der Waals surface area contributed by atoms with E-state index in [1.807, 2.05) is 0 Å². The molecule has 1 amide bonds. The number of benzene rings is 1. The second-order valence-corrected chi connectivity index (χ2v) is 4.71. The van der Waals surface area contributed by atoms with Gasteiger partial charge in [0, 0.05) is 11.1 Å². The van der Waals surface area contributed by atoms with Crippen molar-refractivity contribution in [2.75, 3.05) is 6.54 Å². The highest BCUT2D eigenvalue weighted by Crippen LogP contribution is 2.29. The van der Waals surface area contributed by atoms with Gasteiger partial charge >= 0.3 is 12.1 Å². The number of nitrogens with zero attached hydrogens (tertiary/aromatic N) is 2. The van der Waals surface area contributed by atoms with Crippen LogP contribution in [0, 0.1) is 0 Å². The second-order valence-electron chi connectivity index (χ2n) is 4.71. The Morgan fingerprint density at radius 1 is 1.17 bits per heavy atom. The maximum Gasteiger partial charge on any atom is 0.471 e. The van der Waals surface area contributed by atoms with E-state index in [0.717, 1.165) is 0 Å². The van der Waals surface area contributed by atoms with Crippen LogP contribution in [0.25, 0.3) is 11.4 Å². The summed E-state index contributed by atoms with van der Waals surface area (Å²) in [6, 6.07) is 5.01. The van der Waals surface area contributed by atoms with E-state index >= 15 is 0 Å². The van der Waals surface area contributed by atoms with Crippen LogP contribution in [0.1, 0.15) is 23.2 Å². The summed E-state index contributed by atoms with van der Waals surface area (Å²) in [6.07, 6.45) is -4.75. The van der Waals surface area contributed by atoms with Gasteiger partial charge in [-0.3, -0.25) is 14.4 Å². The van der Waals surface area contributed by atoms with Crippen LogP contribution < -0.4 is 5.32 Å². The van der Waals surface area contributed by atoms with Crippen LogP contribution in [-0.4, -0.2) is 34.2 Å². The van der Waals surface area contributed by atoms with E-state index in [1.165, 1.54) is 31.2 Å². The normalized spacial score (nSPS) is 11.2. The number of carbonyl (C=O) groups is 3. The highest BCUT2D eigenvalue weighted by Gasteiger charge is 2.38. The lowest BCUT2D eigenvalue weighted by molar-refractivity contribution is -0.159. The van der Waals surface area contributed by atoms with Crippen molar-refractivity contribution in [3.8, 4) is 11.4 Å². The first-order chi connectivity index (χ1) is 11.2. The van der Waals surface area contributed by atoms with Crippen molar-refractivity contribution in [2.24, 2.45) is 0 Å². The molecular formula is C14H10F3N3O4. The highest BCUT2D eigenvalue weighted by atomic mass is 19.4. The molecule has 1 aromatic heterocycles. The zero-order valence-corrected chi connectivity index (χ0v) is 12.2. The number of alkyl halides is 3. The number of rotatable bonds is 5. The molecule has 0 saturated carbocycles. The first-order valence-electron chi connectivity index (χ1n) is 6.52. The van der Waals surface area contributed by atoms with E-state index in [9.17, 15) is 27.6 Å². The third-order valence-electron chi connectivity index (χ3n) is 2.78. The first-order valence-corrected chi connectivity index (χ1v) is 6.52. The average Bonchev–Trinajstić information content (AvgIpc) is 3.02. The van der Waals surface area contributed by atoms with E-state index in [0.29, 0.717) is 0 Å². The summed E-state index contributed by atoms with van der Waals surface area (Å²) in [6.45, 7) is 0.978. The summed E-state index contributed by atoms with van der Waals surface area (Å²) in [5.41, 5.74) is 0.175. The minimum Gasteiger partial charge on any atom is -0.342 e. The molecule has 0 aliphatic carbocycles. The molecule has 0 atom stereocenters. The molecule has 0 unspecified atom stereocenters. The van der Waals surface area contributed by atoms with Crippen LogP contribution in [0.5, 0.6) is 0 Å². The highest BCUT2D eigenvalue weighted by molar-refractivity contribution is 6.43. The predicted octanol–water partition coefficient (Wildman–Crippen LogP) is 1.64. The molecule has 2 aromatic rings. The van der Waals surface area contributed by atoms with Gasteiger partial charge < -0.3 is 9.84 Å². The average molecular weight is 341 g/mol. The predicted molar refractivity (Wildman–Crippen MR) is 72.8 cm³/mol. The van der Waals surface area contributed by atoms with E-state index < -0.39 is 23.8 Å². The smallest absolute Gasteiger partial charge is 0.342 e. The van der Waals surface area contributed by atoms with Crippen molar-refractivity contribution < 1.29 is 32.1 Å². The monoisotopic (exact) mass is 341 g/mol. The Kier molecular flexibility index (Phi) is 4.77. The quantitative estimate of drug-likeness (QED) is 0.655. The number of Topliss-reactive ketones (excluding diaryl/α,β-unsaturated/α-hetero) is 2. The lowest BCUT2D eigenvalue weighted by atomic mass is 10.1. The van der Waals surface area contributed by atoms with Gasteiger partial charge in [0.25, 0.3) is 5.91 Å². The third kappa shape index (κ3) is 4.03. The van der Waals surface area contributed by atoms with Gasteiger partial charge in [0.2, 0.25) is 11.6 Å². The summed E-state index contributed by atoms with van der Waals surface area (Å²) >= 11 is 0. The number of amides is 1. The van der Waals surface area contributed by atoms with Gasteiger partial charge in [-0.05, 0) is 6.92 Å². The minimum absolute atomic E-state index is 0.000609. The number of hydrogen-bond donors (Lipinski definition) is 1. The van der Waals surface area contributed by atoms with Gasteiger partial charge in [-0.1, -0.05) is 29.4 Å². The van der Waals surface area contributed by atoms with Gasteiger partial charge in [-0.15, -0.1) is 0 Å². The fraction of sp³-hybridized carbons (Fsp3) is 0.214. The minimum atomic E-state index is -4.75. The maximum atomic E-state index is 12.4. The van der Waals surface area contributed by atoms with Crippen molar-refractivity contribution >= 4 is 17.5 Å². The largest absolute Gasteiger partial charge is 0.471 e. The van der Waals surface area contributed by atoms with Crippen LogP contribution in [0.15, 0.2) is 28.8 Å². The second kappa shape index (κ2) is 6.60. The molecule has 0 fully saturated rings. The number of ketones is 2.